The quantitative estimate of drug-likeness (QED) is 0.633. The summed E-state index contributed by atoms with van der Waals surface area (Å²) in [5.41, 5.74) is 3.53. The number of benzene rings is 2. The fourth-order valence-electron chi connectivity index (χ4n) is 3.70. The zero-order valence-electron chi connectivity index (χ0n) is 15.9. The van der Waals surface area contributed by atoms with E-state index in [2.05, 4.69) is 4.57 Å². The van der Waals surface area contributed by atoms with Crippen molar-refractivity contribution in [3.05, 3.63) is 89.2 Å². The topological polar surface area (TPSA) is 59.4 Å². The highest BCUT2D eigenvalue weighted by Gasteiger charge is 2.37. The molecule has 0 radical (unpaired) electrons. The number of ketones is 1. The van der Waals surface area contributed by atoms with Gasteiger partial charge in [0.1, 0.15) is 0 Å². The van der Waals surface area contributed by atoms with Gasteiger partial charge in [0, 0.05) is 30.5 Å². The van der Waals surface area contributed by atoms with Crippen LogP contribution in [-0.4, -0.2) is 29.6 Å². The van der Waals surface area contributed by atoms with Crippen LogP contribution in [0.3, 0.4) is 0 Å². The minimum Gasteiger partial charge on any atom is -0.348 e. The minimum absolute atomic E-state index is 0.0859. The van der Waals surface area contributed by atoms with Gasteiger partial charge in [-0.3, -0.25) is 4.79 Å². The Kier molecular flexibility index (Phi) is 4.69. The lowest BCUT2D eigenvalue weighted by Crippen LogP contribution is -2.42. The van der Waals surface area contributed by atoms with Crippen molar-refractivity contribution >= 4 is 15.8 Å². The number of nitrogens with zero attached hydrogens (tertiary/aromatic N) is 2. The second kappa shape index (κ2) is 7.04. The van der Waals surface area contributed by atoms with Gasteiger partial charge in [-0.15, -0.1) is 0 Å². The fraction of sp³-hybridized carbons (Fsp3) is 0.227. The average molecular weight is 394 g/mol. The Morgan fingerprint density at radius 2 is 1.64 bits per heavy atom. The van der Waals surface area contributed by atoms with Crippen LogP contribution in [0, 0.1) is 6.92 Å². The molecule has 0 bridgehead atoms. The Balaban J connectivity index is 1.80. The van der Waals surface area contributed by atoms with Crippen molar-refractivity contribution in [1.82, 2.24) is 8.87 Å². The molecule has 6 heteroatoms. The summed E-state index contributed by atoms with van der Waals surface area (Å²) in [6.07, 6.45) is 1.99. The molecule has 2 aromatic carbocycles. The normalized spacial score (nSPS) is 17.3. The van der Waals surface area contributed by atoms with Gasteiger partial charge < -0.3 is 4.57 Å². The molecule has 0 fully saturated rings. The minimum atomic E-state index is -3.72. The first-order valence-electron chi connectivity index (χ1n) is 9.22. The van der Waals surface area contributed by atoms with Crippen molar-refractivity contribution in [2.45, 2.75) is 31.3 Å². The monoisotopic (exact) mass is 394 g/mol. The predicted octanol–water partition coefficient (Wildman–Crippen LogP) is 3.79. The lowest BCUT2D eigenvalue weighted by molar-refractivity contribution is 0.101. The van der Waals surface area contributed by atoms with Crippen molar-refractivity contribution < 1.29 is 13.2 Å². The molecule has 0 saturated carbocycles. The summed E-state index contributed by atoms with van der Waals surface area (Å²) in [6.45, 7) is 4.47. The van der Waals surface area contributed by atoms with Crippen molar-refractivity contribution in [1.29, 1.82) is 0 Å². The zero-order valence-corrected chi connectivity index (χ0v) is 16.7. The van der Waals surface area contributed by atoms with E-state index in [1.807, 2.05) is 49.5 Å². The van der Waals surface area contributed by atoms with Crippen molar-refractivity contribution in [2.75, 3.05) is 6.54 Å². The van der Waals surface area contributed by atoms with Crippen LogP contribution in [0.15, 0.2) is 71.8 Å². The molecule has 1 aliphatic heterocycles. The number of fused-ring (bicyclic) bond motifs is 1. The number of carbonyl (C=O) groups excluding carboxylic acids is 1. The van der Waals surface area contributed by atoms with E-state index in [0.717, 1.165) is 16.8 Å². The molecule has 2 heterocycles. The highest BCUT2D eigenvalue weighted by atomic mass is 32.2. The summed E-state index contributed by atoms with van der Waals surface area (Å²) >= 11 is 0. The summed E-state index contributed by atoms with van der Waals surface area (Å²) in [5.74, 6) is -0.0859. The highest BCUT2D eigenvalue weighted by Crippen LogP contribution is 2.36. The molecule has 5 nitrogen and oxygen atoms in total. The third-order valence-electron chi connectivity index (χ3n) is 5.25. The number of sulfonamides is 1. The first kappa shape index (κ1) is 18.7. The molecule has 0 N–H and O–H groups in total. The zero-order chi connectivity index (χ0) is 19.9. The number of carbonyl (C=O) groups is 1. The van der Waals surface area contributed by atoms with Gasteiger partial charge in [-0.1, -0.05) is 42.0 Å². The van der Waals surface area contributed by atoms with E-state index in [0.29, 0.717) is 18.7 Å². The van der Waals surface area contributed by atoms with E-state index in [-0.39, 0.29) is 16.7 Å². The third-order valence-corrected chi connectivity index (χ3v) is 7.13. The van der Waals surface area contributed by atoms with Crippen LogP contribution in [0.25, 0.3) is 0 Å². The number of hydrogen-bond donors (Lipinski definition) is 0. The van der Waals surface area contributed by atoms with Crippen LogP contribution >= 0.6 is 0 Å². The largest absolute Gasteiger partial charge is 0.348 e. The first-order chi connectivity index (χ1) is 13.4. The SMILES string of the molecule is CC(=O)c1ccc(S(=O)(=O)N2CCn3cccc3[C@@H]2c2ccc(C)cc2)cc1. The molecule has 0 spiro atoms. The third kappa shape index (κ3) is 3.19. The van der Waals surface area contributed by atoms with Crippen molar-refractivity contribution in [2.24, 2.45) is 0 Å². The van der Waals surface area contributed by atoms with E-state index >= 15 is 0 Å². The summed E-state index contributed by atoms with van der Waals surface area (Å²) in [7, 11) is -3.72. The molecule has 144 valence electrons. The van der Waals surface area contributed by atoms with Crippen LogP contribution in [0.1, 0.15) is 40.1 Å². The summed E-state index contributed by atoms with van der Waals surface area (Å²) < 4.78 is 30.6. The predicted molar refractivity (Wildman–Crippen MR) is 108 cm³/mol. The Morgan fingerprint density at radius 1 is 0.964 bits per heavy atom. The standard InChI is InChI=1S/C22H22N2O3S/c1-16-5-7-19(8-6-16)22-21-4-3-13-23(21)14-15-24(22)28(26,27)20-11-9-18(10-12-20)17(2)25/h3-13,22H,14-15H2,1-2H3/t22-/m0/s1. The Hall–Kier alpha value is -2.70. The lowest BCUT2D eigenvalue weighted by atomic mass is 10.0. The molecule has 28 heavy (non-hydrogen) atoms. The van der Waals surface area contributed by atoms with Crippen LogP contribution in [-0.2, 0) is 16.6 Å². The number of Topliss-reactive ketones (excluding diaryl/α,β-unsaturated/α-hetero) is 1. The van der Waals surface area contributed by atoms with E-state index in [1.165, 1.54) is 19.1 Å². The molecule has 4 rings (SSSR count). The second-order valence-electron chi connectivity index (χ2n) is 7.14. The van der Waals surface area contributed by atoms with Crippen LogP contribution in [0.5, 0.6) is 0 Å². The molecular weight excluding hydrogens is 372 g/mol. The molecule has 0 unspecified atom stereocenters. The molecule has 1 aliphatic rings. The number of aryl methyl sites for hydroxylation is 1. The van der Waals surface area contributed by atoms with Crippen LogP contribution in [0.4, 0.5) is 0 Å². The Bertz CT molecular complexity index is 1110. The van der Waals surface area contributed by atoms with E-state index in [4.69, 9.17) is 0 Å². The van der Waals surface area contributed by atoms with E-state index in [1.54, 1.807) is 16.4 Å². The maximum absolute atomic E-state index is 13.5. The summed E-state index contributed by atoms with van der Waals surface area (Å²) in [6, 6.07) is 17.7. The van der Waals surface area contributed by atoms with Gasteiger partial charge >= 0.3 is 0 Å². The Labute approximate surface area is 165 Å². The molecule has 3 aromatic rings. The van der Waals surface area contributed by atoms with Crippen LogP contribution in [0.2, 0.25) is 0 Å². The average Bonchev–Trinajstić information content (AvgIpc) is 3.17. The van der Waals surface area contributed by atoms with Gasteiger partial charge in [0.25, 0.3) is 0 Å². The van der Waals surface area contributed by atoms with E-state index < -0.39 is 10.0 Å². The fourth-order valence-corrected chi connectivity index (χ4v) is 5.28. The van der Waals surface area contributed by atoms with Gasteiger partial charge in [0.15, 0.2) is 5.78 Å². The van der Waals surface area contributed by atoms with Crippen molar-refractivity contribution in [3.63, 3.8) is 0 Å². The van der Waals surface area contributed by atoms with Gasteiger partial charge in [-0.2, -0.15) is 4.31 Å². The van der Waals surface area contributed by atoms with Crippen LogP contribution < -0.4 is 0 Å². The molecule has 1 atom stereocenters. The molecule has 0 amide bonds. The summed E-state index contributed by atoms with van der Waals surface area (Å²) in [5, 5.41) is 0. The number of rotatable bonds is 4. The first-order valence-corrected chi connectivity index (χ1v) is 10.7. The number of aromatic nitrogens is 1. The smallest absolute Gasteiger partial charge is 0.244 e. The summed E-state index contributed by atoms with van der Waals surface area (Å²) in [4.78, 5) is 11.7. The Morgan fingerprint density at radius 3 is 2.29 bits per heavy atom. The molecule has 1 aromatic heterocycles. The van der Waals surface area contributed by atoms with Gasteiger partial charge in [-0.05, 0) is 43.7 Å². The molecular formula is C22H22N2O3S. The van der Waals surface area contributed by atoms with E-state index in [9.17, 15) is 13.2 Å². The lowest BCUT2D eigenvalue weighted by Gasteiger charge is -2.36. The van der Waals surface area contributed by atoms with Gasteiger partial charge in [-0.25, -0.2) is 8.42 Å². The second-order valence-corrected chi connectivity index (χ2v) is 9.03. The van der Waals surface area contributed by atoms with Gasteiger partial charge in [0.2, 0.25) is 10.0 Å². The number of hydrogen-bond acceptors (Lipinski definition) is 3. The van der Waals surface area contributed by atoms with Crippen molar-refractivity contribution in [3.8, 4) is 0 Å². The maximum Gasteiger partial charge on any atom is 0.244 e. The van der Waals surface area contributed by atoms with Gasteiger partial charge in [0.05, 0.1) is 10.9 Å². The molecule has 0 aliphatic carbocycles. The molecule has 0 saturated heterocycles. The highest BCUT2D eigenvalue weighted by molar-refractivity contribution is 7.89. The maximum atomic E-state index is 13.5.